The molecule has 0 saturated heterocycles. The van der Waals surface area contributed by atoms with Crippen LogP contribution in [-0.2, 0) is 14.4 Å². The molecule has 0 bridgehead atoms. The molecular weight excluding hydrogens is 689 g/mol. The minimum Gasteiger partial charge on any atom is -0.550 e. The van der Waals surface area contributed by atoms with Crippen LogP contribution in [0.2, 0.25) is 0 Å². The summed E-state index contributed by atoms with van der Waals surface area (Å²) in [4.78, 5) is 30.3. The van der Waals surface area contributed by atoms with Crippen molar-refractivity contribution in [1.82, 2.24) is 0 Å². The second-order valence-electron chi connectivity index (χ2n) is 14.5. The molecule has 0 saturated carbocycles. The zero-order chi connectivity index (χ0) is 39.5. The van der Waals surface area contributed by atoms with Crippen molar-refractivity contribution < 1.29 is 50.1 Å². The smallest absolute Gasteiger partial charge is 0.550 e. The first-order chi connectivity index (χ1) is 25.1. The third kappa shape index (κ3) is 51.2. The van der Waals surface area contributed by atoms with Gasteiger partial charge in [0, 0.05) is 11.9 Å². The molecule has 0 spiro atoms. The molecule has 0 fully saturated rings. The quantitative estimate of drug-likeness (QED) is 0.0274. The van der Waals surface area contributed by atoms with E-state index >= 15 is 0 Å². The Labute approximate surface area is 340 Å². The van der Waals surface area contributed by atoms with Gasteiger partial charge in [0.15, 0.2) is 6.29 Å². The van der Waals surface area contributed by atoms with Crippen molar-refractivity contribution >= 4 is 41.3 Å². The predicted molar refractivity (Wildman–Crippen MR) is 212 cm³/mol. The Hall–Kier alpha value is -0.824. The molecule has 0 aromatic heterocycles. The van der Waals surface area contributed by atoms with Gasteiger partial charge >= 0.3 is 23.1 Å². The van der Waals surface area contributed by atoms with E-state index in [2.05, 4.69) is 13.8 Å². The molecule has 0 heterocycles. The van der Waals surface area contributed by atoms with E-state index in [1.807, 2.05) is 0 Å². The number of carboxylic acids is 2. The summed E-state index contributed by atoms with van der Waals surface area (Å²) in [5.41, 5.74) is 0. The van der Waals surface area contributed by atoms with Crippen LogP contribution in [0.1, 0.15) is 219 Å². The summed E-state index contributed by atoms with van der Waals surface area (Å²) in [6.45, 7) is 3.77. The molecule has 0 aliphatic heterocycles. The predicted octanol–water partition coefficient (Wildman–Crippen LogP) is 6.24. The van der Waals surface area contributed by atoms with Crippen molar-refractivity contribution in [3.05, 3.63) is 0 Å². The van der Waals surface area contributed by atoms with Crippen LogP contribution in [0.15, 0.2) is 0 Å². The van der Waals surface area contributed by atoms with E-state index in [0.29, 0.717) is 0 Å². The average molecular weight is 771 g/mol. The Balaban J connectivity index is -0.000000348. The molecule has 0 aliphatic carbocycles. The molecule has 10 nitrogen and oxygen atoms in total. The zero-order valence-corrected chi connectivity index (χ0v) is 35.6. The van der Waals surface area contributed by atoms with Gasteiger partial charge in [-0.1, -0.05) is 194 Å². The monoisotopic (exact) mass is 771 g/mol. The Kier molecular flexibility index (Phi) is 54.7. The SMILES string of the molecule is CCCCCCCCCCCCCCCCCC(=O)[O-].CCCCCCCCCCCCCCCCCC(=O)[O-].O=C[C@H](O)[C@@H](O)[C@H](O)[C@H](O)CO.[Mg+2]. The molecule has 0 amide bonds. The van der Waals surface area contributed by atoms with Gasteiger partial charge in [-0.15, -0.1) is 0 Å². The van der Waals surface area contributed by atoms with Gasteiger partial charge in [0.05, 0.1) is 6.61 Å². The summed E-state index contributed by atoms with van der Waals surface area (Å²) in [5, 5.41) is 64.0. The van der Waals surface area contributed by atoms with Crippen LogP contribution in [0, 0.1) is 0 Å². The van der Waals surface area contributed by atoms with E-state index in [9.17, 15) is 24.6 Å². The first-order valence-corrected chi connectivity index (χ1v) is 21.3. The maximum absolute atomic E-state index is 10.2. The summed E-state index contributed by atoms with van der Waals surface area (Å²) in [6.07, 6.45) is 32.9. The fourth-order valence-electron chi connectivity index (χ4n) is 5.90. The van der Waals surface area contributed by atoms with Crippen LogP contribution in [-0.4, -0.2) is 97.8 Å². The maximum atomic E-state index is 10.2. The minimum atomic E-state index is -1.79. The molecule has 0 aliphatic rings. The van der Waals surface area contributed by atoms with Gasteiger partial charge < -0.3 is 50.1 Å². The summed E-state index contributed by atoms with van der Waals surface area (Å²) in [6, 6.07) is 0. The first-order valence-electron chi connectivity index (χ1n) is 21.3. The van der Waals surface area contributed by atoms with Gasteiger partial charge in [-0.25, -0.2) is 0 Å². The summed E-state index contributed by atoms with van der Waals surface area (Å²) >= 11 is 0. The molecule has 0 radical (unpaired) electrons. The average Bonchev–Trinajstić information content (AvgIpc) is 3.13. The second-order valence-corrected chi connectivity index (χ2v) is 14.5. The number of aliphatic hydroxyl groups is 5. The first kappa shape index (κ1) is 58.9. The molecule has 0 rings (SSSR count). The summed E-state index contributed by atoms with van der Waals surface area (Å²) in [7, 11) is 0. The van der Waals surface area contributed by atoms with Crippen molar-refractivity contribution in [3.63, 3.8) is 0 Å². The molecular formula is C42H82MgO10. The van der Waals surface area contributed by atoms with Gasteiger partial charge in [-0.2, -0.15) is 0 Å². The number of unbranched alkanes of at least 4 members (excludes halogenated alkanes) is 28. The summed E-state index contributed by atoms with van der Waals surface area (Å²) < 4.78 is 0. The van der Waals surface area contributed by atoms with Gasteiger partial charge in [0.1, 0.15) is 24.4 Å². The minimum absolute atomic E-state index is 0. The van der Waals surface area contributed by atoms with E-state index in [4.69, 9.17) is 25.5 Å². The van der Waals surface area contributed by atoms with Crippen LogP contribution >= 0.6 is 0 Å². The maximum Gasteiger partial charge on any atom is 2.00 e. The topological polar surface area (TPSA) is 198 Å². The second kappa shape index (κ2) is 49.2. The Bertz CT molecular complexity index is 699. The molecule has 0 aromatic carbocycles. The number of carboxylic acid groups (broad SMARTS) is 2. The summed E-state index contributed by atoms with van der Waals surface area (Å²) in [5.74, 6) is -1.81. The number of carbonyl (C=O) groups is 3. The van der Waals surface area contributed by atoms with Gasteiger partial charge in [0.2, 0.25) is 0 Å². The molecule has 0 unspecified atom stereocenters. The van der Waals surface area contributed by atoms with Crippen molar-refractivity contribution in [3.8, 4) is 0 Å². The van der Waals surface area contributed by atoms with Gasteiger partial charge in [0.25, 0.3) is 0 Å². The van der Waals surface area contributed by atoms with E-state index < -0.39 is 43.0 Å². The molecule has 53 heavy (non-hydrogen) atoms. The third-order valence-corrected chi connectivity index (χ3v) is 9.39. The van der Waals surface area contributed by atoms with Crippen LogP contribution in [0.5, 0.6) is 0 Å². The third-order valence-electron chi connectivity index (χ3n) is 9.39. The molecule has 11 heteroatoms. The Morgan fingerprint density at radius 1 is 0.453 bits per heavy atom. The zero-order valence-electron chi connectivity index (χ0n) is 34.2. The van der Waals surface area contributed by atoms with E-state index in [1.54, 1.807) is 0 Å². The fourth-order valence-corrected chi connectivity index (χ4v) is 5.90. The molecule has 0 aromatic rings. The van der Waals surface area contributed by atoms with Crippen LogP contribution in [0.3, 0.4) is 0 Å². The number of aldehydes is 1. The number of carbonyl (C=O) groups excluding carboxylic acids is 3. The van der Waals surface area contributed by atoms with E-state index in [0.717, 1.165) is 25.7 Å². The number of hydrogen-bond acceptors (Lipinski definition) is 10. The number of aliphatic hydroxyl groups excluding tert-OH is 5. The van der Waals surface area contributed by atoms with E-state index in [1.165, 1.54) is 167 Å². The Morgan fingerprint density at radius 3 is 0.868 bits per heavy atom. The van der Waals surface area contributed by atoms with Crippen LogP contribution < -0.4 is 10.2 Å². The van der Waals surface area contributed by atoms with Crippen molar-refractivity contribution in [1.29, 1.82) is 0 Å². The molecule has 5 N–H and O–H groups in total. The van der Waals surface area contributed by atoms with Crippen LogP contribution in [0.25, 0.3) is 0 Å². The molecule has 312 valence electrons. The van der Waals surface area contributed by atoms with Gasteiger partial charge in [-0.3, -0.25) is 0 Å². The van der Waals surface area contributed by atoms with Crippen molar-refractivity contribution in [2.45, 2.75) is 244 Å². The van der Waals surface area contributed by atoms with Crippen molar-refractivity contribution in [2.24, 2.45) is 0 Å². The van der Waals surface area contributed by atoms with Gasteiger partial charge in [-0.05, 0) is 25.7 Å². The number of hydrogen-bond donors (Lipinski definition) is 5. The van der Waals surface area contributed by atoms with E-state index in [-0.39, 0.29) is 42.2 Å². The normalized spacial score (nSPS) is 13.0. The standard InChI is InChI=1S/2C18H36O2.C6H12O6.Mg/c2*1-2-3-4-5-6-7-8-9-10-11-12-13-14-15-16-17-18(19)20;7-1-3(9)5(11)6(12)4(10)2-8;/h2*2-17H2,1H3,(H,19,20);1,3-6,8-12H,2H2;/q;;;+2/p-2/t;;3-,4+,5+,6+;/m..0./s1. The molecule has 4 atom stereocenters. The van der Waals surface area contributed by atoms with Crippen molar-refractivity contribution in [2.75, 3.05) is 6.61 Å². The Morgan fingerprint density at radius 2 is 0.679 bits per heavy atom. The number of rotatable bonds is 37. The largest absolute Gasteiger partial charge is 2.00 e. The number of aliphatic carboxylic acids is 2. The fraction of sp³-hybridized carbons (Fsp3) is 0.929. The van der Waals surface area contributed by atoms with Crippen LogP contribution in [0.4, 0.5) is 0 Å².